The Morgan fingerprint density at radius 1 is 1.28 bits per heavy atom. The number of aromatic nitrogens is 2. The summed E-state index contributed by atoms with van der Waals surface area (Å²) in [6.45, 7) is 11.3. The largest absolute Gasteiger partial charge is 0.383 e. The van der Waals surface area contributed by atoms with Crippen LogP contribution in [-0.4, -0.2) is 59.0 Å². The van der Waals surface area contributed by atoms with Crippen LogP contribution in [0.25, 0.3) is 0 Å². The summed E-state index contributed by atoms with van der Waals surface area (Å²) in [5.74, 6) is 1.27. The maximum absolute atomic E-state index is 12.9. The first-order chi connectivity index (χ1) is 11.9. The maximum Gasteiger partial charge on any atom is 0.226 e. The minimum Gasteiger partial charge on any atom is -0.383 e. The third kappa shape index (κ3) is 4.18. The molecule has 138 valence electrons. The Bertz CT molecular complexity index is 618. The molecule has 1 fully saturated rings. The number of ether oxygens (including phenoxy) is 1. The highest BCUT2D eigenvalue weighted by molar-refractivity contribution is 5.79. The van der Waals surface area contributed by atoms with Gasteiger partial charge in [0.1, 0.15) is 5.82 Å². The van der Waals surface area contributed by atoms with Gasteiger partial charge < -0.3 is 14.5 Å². The topological polar surface area (TPSA) is 58.6 Å². The summed E-state index contributed by atoms with van der Waals surface area (Å²) in [6.07, 6.45) is 3.78. The molecule has 6 nitrogen and oxygen atoms in total. The molecular formula is C19H30N4O2. The van der Waals surface area contributed by atoms with Crippen molar-refractivity contribution in [3.63, 3.8) is 0 Å². The lowest BCUT2D eigenvalue weighted by Gasteiger charge is -2.32. The van der Waals surface area contributed by atoms with Crippen molar-refractivity contribution >= 4 is 5.91 Å². The molecule has 0 atom stereocenters. The van der Waals surface area contributed by atoms with Crippen molar-refractivity contribution in [2.24, 2.45) is 5.92 Å². The van der Waals surface area contributed by atoms with Gasteiger partial charge in [0.2, 0.25) is 5.91 Å². The van der Waals surface area contributed by atoms with Gasteiger partial charge >= 0.3 is 0 Å². The molecule has 0 saturated carbocycles. The molecule has 0 N–H and O–H groups in total. The maximum atomic E-state index is 12.9. The second-order valence-corrected chi connectivity index (χ2v) is 8.22. The van der Waals surface area contributed by atoms with Crippen LogP contribution in [0.3, 0.4) is 0 Å². The molecule has 6 heteroatoms. The zero-order chi connectivity index (χ0) is 18.0. The Morgan fingerprint density at radius 2 is 2.00 bits per heavy atom. The fourth-order valence-corrected chi connectivity index (χ4v) is 3.55. The first-order valence-electron chi connectivity index (χ1n) is 9.24. The summed E-state index contributed by atoms with van der Waals surface area (Å²) in [7, 11) is 1.73. The number of carbonyl (C=O) groups is 1. The van der Waals surface area contributed by atoms with Crippen molar-refractivity contribution in [3.05, 3.63) is 23.3 Å². The van der Waals surface area contributed by atoms with Crippen molar-refractivity contribution in [3.8, 4) is 0 Å². The number of hydrogen-bond donors (Lipinski definition) is 0. The number of nitrogens with zero attached hydrogens (tertiary/aromatic N) is 4. The summed E-state index contributed by atoms with van der Waals surface area (Å²) in [4.78, 5) is 26.5. The van der Waals surface area contributed by atoms with Gasteiger partial charge in [-0.1, -0.05) is 20.8 Å². The van der Waals surface area contributed by atoms with Gasteiger partial charge in [-0.2, -0.15) is 0 Å². The molecule has 0 aliphatic carbocycles. The van der Waals surface area contributed by atoms with Crippen LogP contribution in [0.1, 0.15) is 50.7 Å². The molecule has 0 radical (unpaired) electrons. The van der Waals surface area contributed by atoms with Crippen LogP contribution in [-0.2, 0) is 28.0 Å². The van der Waals surface area contributed by atoms with Crippen LogP contribution in [0, 0.1) is 5.92 Å². The van der Waals surface area contributed by atoms with Gasteiger partial charge in [0, 0.05) is 43.3 Å². The Labute approximate surface area is 150 Å². The van der Waals surface area contributed by atoms with Gasteiger partial charge in [-0.25, -0.2) is 9.97 Å². The predicted octanol–water partition coefficient (Wildman–Crippen LogP) is 1.97. The molecule has 3 rings (SSSR count). The number of piperidine rings is 1. The Hall–Kier alpha value is -1.53. The number of likely N-dealkylation sites (tertiary alicyclic amines) is 1. The lowest BCUT2D eigenvalue weighted by Crippen LogP contribution is -2.41. The molecule has 25 heavy (non-hydrogen) atoms. The fourth-order valence-electron chi connectivity index (χ4n) is 3.55. The molecule has 3 heterocycles. The quantitative estimate of drug-likeness (QED) is 0.834. The van der Waals surface area contributed by atoms with Crippen LogP contribution < -0.4 is 0 Å². The van der Waals surface area contributed by atoms with Gasteiger partial charge in [0.25, 0.3) is 0 Å². The van der Waals surface area contributed by atoms with E-state index < -0.39 is 0 Å². The average molecular weight is 346 g/mol. The second kappa shape index (κ2) is 7.38. The summed E-state index contributed by atoms with van der Waals surface area (Å²) in [6, 6.07) is 0. The first kappa shape index (κ1) is 18.3. The zero-order valence-corrected chi connectivity index (χ0v) is 15.9. The van der Waals surface area contributed by atoms with Crippen molar-refractivity contribution in [2.75, 3.05) is 33.4 Å². The van der Waals surface area contributed by atoms with Crippen LogP contribution in [0.2, 0.25) is 0 Å². The summed E-state index contributed by atoms with van der Waals surface area (Å²) < 4.78 is 5.14. The fraction of sp³-hybridized carbons (Fsp3) is 0.737. The Morgan fingerprint density at radius 3 is 2.64 bits per heavy atom. The Balaban J connectivity index is 1.58. The number of amides is 1. The SMILES string of the molecule is COCCN1CCC(C(=O)N2Cc3cnc(C(C)(C)C)nc3C2)CC1. The van der Waals surface area contributed by atoms with E-state index >= 15 is 0 Å². The number of methoxy groups -OCH3 is 1. The zero-order valence-electron chi connectivity index (χ0n) is 15.9. The van der Waals surface area contributed by atoms with E-state index in [1.807, 2.05) is 11.1 Å². The lowest BCUT2D eigenvalue weighted by atomic mass is 9.95. The third-order valence-electron chi connectivity index (χ3n) is 5.19. The molecule has 0 unspecified atom stereocenters. The van der Waals surface area contributed by atoms with E-state index in [0.29, 0.717) is 13.1 Å². The van der Waals surface area contributed by atoms with E-state index in [2.05, 4.69) is 30.7 Å². The highest BCUT2D eigenvalue weighted by Crippen LogP contribution is 2.28. The van der Waals surface area contributed by atoms with Gasteiger partial charge in [0.05, 0.1) is 18.8 Å². The van der Waals surface area contributed by atoms with E-state index in [1.54, 1.807) is 7.11 Å². The van der Waals surface area contributed by atoms with Crippen molar-refractivity contribution in [2.45, 2.75) is 52.1 Å². The summed E-state index contributed by atoms with van der Waals surface area (Å²) in [5, 5.41) is 0. The third-order valence-corrected chi connectivity index (χ3v) is 5.19. The minimum absolute atomic E-state index is 0.0680. The molecule has 0 aromatic carbocycles. The van der Waals surface area contributed by atoms with E-state index in [-0.39, 0.29) is 17.2 Å². The van der Waals surface area contributed by atoms with Crippen molar-refractivity contribution in [1.82, 2.24) is 19.8 Å². The molecule has 0 spiro atoms. The van der Waals surface area contributed by atoms with Gasteiger partial charge in [-0.3, -0.25) is 4.79 Å². The summed E-state index contributed by atoms with van der Waals surface area (Å²) in [5.41, 5.74) is 2.05. The first-order valence-corrected chi connectivity index (χ1v) is 9.24. The predicted molar refractivity (Wildman–Crippen MR) is 96.0 cm³/mol. The minimum atomic E-state index is -0.0680. The molecular weight excluding hydrogens is 316 g/mol. The molecule has 1 aromatic rings. The standard InChI is InChI=1S/C19H30N4O2/c1-19(2,3)18-20-11-15-12-23(13-16(15)21-18)17(24)14-5-7-22(8-6-14)9-10-25-4/h11,14H,5-10,12-13H2,1-4H3. The van der Waals surface area contributed by atoms with Crippen LogP contribution in [0.4, 0.5) is 0 Å². The van der Waals surface area contributed by atoms with Gasteiger partial charge in [-0.15, -0.1) is 0 Å². The average Bonchev–Trinajstić information content (AvgIpc) is 3.02. The monoisotopic (exact) mass is 346 g/mol. The van der Waals surface area contributed by atoms with E-state index in [1.165, 1.54) is 0 Å². The van der Waals surface area contributed by atoms with E-state index in [0.717, 1.165) is 56.2 Å². The van der Waals surface area contributed by atoms with Crippen LogP contribution in [0.15, 0.2) is 6.20 Å². The number of rotatable bonds is 4. The molecule has 0 bridgehead atoms. The number of hydrogen-bond acceptors (Lipinski definition) is 5. The van der Waals surface area contributed by atoms with E-state index in [9.17, 15) is 4.79 Å². The Kier molecular flexibility index (Phi) is 5.39. The molecule has 2 aliphatic heterocycles. The lowest BCUT2D eigenvalue weighted by molar-refractivity contribution is -0.137. The van der Waals surface area contributed by atoms with Crippen LogP contribution >= 0.6 is 0 Å². The van der Waals surface area contributed by atoms with Crippen LogP contribution in [0.5, 0.6) is 0 Å². The van der Waals surface area contributed by atoms with Gasteiger partial charge in [0.15, 0.2) is 0 Å². The van der Waals surface area contributed by atoms with Crippen molar-refractivity contribution < 1.29 is 9.53 Å². The highest BCUT2D eigenvalue weighted by Gasteiger charge is 2.33. The number of carbonyl (C=O) groups excluding carboxylic acids is 1. The number of fused-ring (bicyclic) bond motifs is 1. The molecule has 1 saturated heterocycles. The second-order valence-electron chi connectivity index (χ2n) is 8.22. The molecule has 1 aromatic heterocycles. The van der Waals surface area contributed by atoms with E-state index in [4.69, 9.17) is 9.72 Å². The molecule has 1 amide bonds. The highest BCUT2D eigenvalue weighted by atomic mass is 16.5. The van der Waals surface area contributed by atoms with Crippen molar-refractivity contribution in [1.29, 1.82) is 0 Å². The summed E-state index contributed by atoms with van der Waals surface area (Å²) >= 11 is 0. The van der Waals surface area contributed by atoms with Gasteiger partial charge in [-0.05, 0) is 25.9 Å². The normalized spacial score (nSPS) is 19.3. The smallest absolute Gasteiger partial charge is 0.226 e. The molecule has 2 aliphatic rings.